The quantitative estimate of drug-likeness (QED) is 0.892. The number of piperazine rings is 1. The van der Waals surface area contributed by atoms with Crippen molar-refractivity contribution >= 4 is 11.6 Å². The van der Waals surface area contributed by atoms with Crippen LogP contribution < -0.4 is 15.4 Å². The largest absolute Gasteiger partial charge is 0.496 e. The molecule has 1 amide bonds. The zero-order chi connectivity index (χ0) is 14.7. The lowest BCUT2D eigenvalue weighted by atomic mass is 10.1. The van der Waals surface area contributed by atoms with Gasteiger partial charge in [0, 0.05) is 31.9 Å². The number of anilines is 1. The highest BCUT2D eigenvalue weighted by Gasteiger charge is 2.21. The Labute approximate surface area is 120 Å². The van der Waals surface area contributed by atoms with Gasteiger partial charge in [-0.2, -0.15) is 0 Å². The molecule has 1 heterocycles. The molecule has 2 N–H and O–H groups in total. The Balaban J connectivity index is 2.11. The zero-order valence-corrected chi connectivity index (χ0v) is 12.5. The maximum Gasteiger partial charge on any atom is 0.236 e. The van der Waals surface area contributed by atoms with Gasteiger partial charge in [-0.1, -0.05) is 0 Å². The summed E-state index contributed by atoms with van der Waals surface area (Å²) in [5, 5.41) is 0. The maximum absolute atomic E-state index is 11.6. The number of ether oxygens (including phenoxy) is 1. The van der Waals surface area contributed by atoms with Gasteiger partial charge in [0.15, 0.2) is 0 Å². The van der Waals surface area contributed by atoms with E-state index in [4.69, 9.17) is 10.5 Å². The molecule has 0 atom stereocenters. The minimum absolute atomic E-state index is 0.0345. The van der Waals surface area contributed by atoms with Gasteiger partial charge in [0.05, 0.1) is 13.7 Å². The predicted octanol–water partition coefficient (Wildman–Crippen LogP) is 0.919. The van der Waals surface area contributed by atoms with Gasteiger partial charge in [-0.25, -0.2) is 0 Å². The summed E-state index contributed by atoms with van der Waals surface area (Å²) in [6, 6.07) is 4.23. The molecule has 0 unspecified atom stereocenters. The van der Waals surface area contributed by atoms with Gasteiger partial charge >= 0.3 is 0 Å². The third-order valence-corrected chi connectivity index (χ3v) is 3.86. The number of hydrogen-bond acceptors (Lipinski definition) is 4. The lowest BCUT2D eigenvalue weighted by Gasteiger charge is -2.37. The molecule has 0 saturated carbocycles. The molecule has 1 saturated heterocycles. The number of aryl methyl sites for hydroxylation is 2. The van der Waals surface area contributed by atoms with Crippen molar-refractivity contribution in [2.75, 3.05) is 44.7 Å². The lowest BCUT2D eigenvalue weighted by molar-refractivity contribution is -0.129. The van der Waals surface area contributed by atoms with Crippen molar-refractivity contribution < 1.29 is 9.53 Å². The van der Waals surface area contributed by atoms with Gasteiger partial charge in [-0.15, -0.1) is 0 Å². The molecular formula is C15H23N3O2. The van der Waals surface area contributed by atoms with Gasteiger partial charge in [0.2, 0.25) is 5.91 Å². The number of methoxy groups -OCH3 is 1. The molecule has 5 nitrogen and oxygen atoms in total. The molecule has 0 bridgehead atoms. The summed E-state index contributed by atoms with van der Waals surface area (Å²) in [7, 11) is 1.69. The summed E-state index contributed by atoms with van der Waals surface area (Å²) < 4.78 is 5.35. The maximum atomic E-state index is 11.6. The third kappa shape index (κ3) is 2.88. The zero-order valence-electron chi connectivity index (χ0n) is 12.5. The summed E-state index contributed by atoms with van der Waals surface area (Å²) in [5.74, 6) is 0.954. The van der Waals surface area contributed by atoms with Crippen molar-refractivity contribution in [2.24, 2.45) is 5.73 Å². The predicted molar refractivity (Wildman–Crippen MR) is 80.3 cm³/mol. The number of carbonyl (C=O) groups is 1. The van der Waals surface area contributed by atoms with E-state index >= 15 is 0 Å². The minimum atomic E-state index is 0.0345. The number of amides is 1. The van der Waals surface area contributed by atoms with E-state index in [2.05, 4.69) is 30.9 Å². The summed E-state index contributed by atoms with van der Waals surface area (Å²) >= 11 is 0. The average Bonchev–Trinajstić information content (AvgIpc) is 2.48. The molecule has 0 radical (unpaired) electrons. The number of nitrogens with two attached hydrogens (primary N) is 1. The van der Waals surface area contributed by atoms with Crippen LogP contribution in [0.2, 0.25) is 0 Å². The Hall–Kier alpha value is -1.75. The highest BCUT2D eigenvalue weighted by atomic mass is 16.5. The second kappa shape index (κ2) is 6.13. The topological polar surface area (TPSA) is 58.8 Å². The van der Waals surface area contributed by atoms with Crippen LogP contribution in [0, 0.1) is 13.8 Å². The molecule has 5 heteroatoms. The van der Waals surface area contributed by atoms with Crippen LogP contribution in [0.5, 0.6) is 5.75 Å². The minimum Gasteiger partial charge on any atom is -0.496 e. The van der Waals surface area contributed by atoms with E-state index in [9.17, 15) is 4.79 Å². The lowest BCUT2D eigenvalue weighted by Crippen LogP contribution is -2.50. The molecule has 1 aromatic carbocycles. The van der Waals surface area contributed by atoms with Gasteiger partial charge < -0.3 is 20.3 Å². The van der Waals surface area contributed by atoms with Crippen LogP contribution in [0.1, 0.15) is 11.1 Å². The fraction of sp³-hybridized carbons (Fsp3) is 0.533. The Kier molecular flexibility index (Phi) is 4.49. The normalized spacial score (nSPS) is 15.4. The van der Waals surface area contributed by atoms with Crippen molar-refractivity contribution in [3.63, 3.8) is 0 Å². The molecule has 1 aliphatic heterocycles. The Morgan fingerprint density at radius 3 is 2.40 bits per heavy atom. The van der Waals surface area contributed by atoms with Gasteiger partial charge in [-0.3, -0.25) is 4.79 Å². The van der Waals surface area contributed by atoms with Crippen LogP contribution in [-0.4, -0.2) is 50.6 Å². The first-order chi connectivity index (χ1) is 9.56. The first kappa shape index (κ1) is 14.7. The monoisotopic (exact) mass is 277 g/mol. The number of hydrogen-bond donors (Lipinski definition) is 1. The third-order valence-electron chi connectivity index (χ3n) is 3.86. The molecule has 1 aliphatic rings. The summed E-state index contributed by atoms with van der Waals surface area (Å²) in [6.45, 7) is 7.41. The van der Waals surface area contributed by atoms with Crippen LogP contribution in [0.4, 0.5) is 5.69 Å². The SMILES string of the molecule is COc1cc(C)c(N2CCN(C(=O)CN)CC2)cc1C. The Bertz CT molecular complexity index is 494. The molecule has 0 aliphatic carbocycles. The fourth-order valence-electron chi connectivity index (χ4n) is 2.66. The first-order valence-electron chi connectivity index (χ1n) is 6.95. The summed E-state index contributed by atoms with van der Waals surface area (Å²) in [5.41, 5.74) is 8.96. The number of rotatable bonds is 3. The van der Waals surface area contributed by atoms with E-state index in [1.165, 1.54) is 11.3 Å². The summed E-state index contributed by atoms with van der Waals surface area (Å²) in [6.07, 6.45) is 0. The molecule has 110 valence electrons. The second-order valence-corrected chi connectivity index (χ2v) is 5.18. The van der Waals surface area contributed by atoms with Crippen molar-refractivity contribution in [2.45, 2.75) is 13.8 Å². The van der Waals surface area contributed by atoms with Crippen molar-refractivity contribution in [3.8, 4) is 5.75 Å². The number of carbonyl (C=O) groups excluding carboxylic acids is 1. The van der Waals surface area contributed by atoms with E-state index in [1.54, 1.807) is 7.11 Å². The van der Waals surface area contributed by atoms with Crippen LogP contribution in [0.3, 0.4) is 0 Å². The van der Waals surface area contributed by atoms with Crippen molar-refractivity contribution in [1.82, 2.24) is 4.90 Å². The molecule has 20 heavy (non-hydrogen) atoms. The highest BCUT2D eigenvalue weighted by molar-refractivity contribution is 5.78. The van der Waals surface area contributed by atoms with Crippen molar-refractivity contribution in [3.05, 3.63) is 23.3 Å². The molecule has 1 aromatic rings. The number of nitrogens with zero attached hydrogens (tertiary/aromatic N) is 2. The van der Waals surface area contributed by atoms with Crippen LogP contribution >= 0.6 is 0 Å². The van der Waals surface area contributed by atoms with Crippen LogP contribution in [0.25, 0.3) is 0 Å². The molecular weight excluding hydrogens is 254 g/mol. The van der Waals surface area contributed by atoms with E-state index in [-0.39, 0.29) is 12.5 Å². The summed E-state index contributed by atoms with van der Waals surface area (Å²) in [4.78, 5) is 15.7. The first-order valence-corrected chi connectivity index (χ1v) is 6.95. The van der Waals surface area contributed by atoms with Crippen LogP contribution in [0.15, 0.2) is 12.1 Å². The second-order valence-electron chi connectivity index (χ2n) is 5.18. The fourth-order valence-corrected chi connectivity index (χ4v) is 2.66. The Morgan fingerprint density at radius 2 is 1.85 bits per heavy atom. The molecule has 0 aromatic heterocycles. The van der Waals surface area contributed by atoms with Crippen LogP contribution in [-0.2, 0) is 4.79 Å². The molecule has 1 fully saturated rings. The molecule has 0 spiro atoms. The van der Waals surface area contributed by atoms with Crippen molar-refractivity contribution in [1.29, 1.82) is 0 Å². The average molecular weight is 277 g/mol. The van der Waals surface area contributed by atoms with Gasteiger partial charge in [0.25, 0.3) is 0 Å². The number of benzene rings is 1. The van der Waals surface area contributed by atoms with Gasteiger partial charge in [-0.05, 0) is 37.1 Å². The van der Waals surface area contributed by atoms with E-state index < -0.39 is 0 Å². The van der Waals surface area contributed by atoms with E-state index in [1.807, 2.05) is 4.90 Å². The van der Waals surface area contributed by atoms with E-state index in [0.29, 0.717) is 0 Å². The Morgan fingerprint density at radius 1 is 1.20 bits per heavy atom. The van der Waals surface area contributed by atoms with E-state index in [0.717, 1.165) is 37.5 Å². The standard InChI is InChI=1S/C15H23N3O2/c1-11-9-14(20-3)12(2)8-13(11)17-4-6-18(7-5-17)15(19)10-16/h8-9H,4-7,10,16H2,1-3H3. The van der Waals surface area contributed by atoms with Gasteiger partial charge in [0.1, 0.15) is 5.75 Å². The molecule has 2 rings (SSSR count). The highest BCUT2D eigenvalue weighted by Crippen LogP contribution is 2.29. The smallest absolute Gasteiger partial charge is 0.236 e.